The maximum Gasteiger partial charge on any atom is 0.258 e. The second-order valence-electron chi connectivity index (χ2n) is 10.8. The number of fused-ring (bicyclic) bond motifs is 3. The third-order valence-electron chi connectivity index (χ3n) is 8.40. The number of piperidine rings is 1. The Morgan fingerprint density at radius 2 is 2.15 bits per heavy atom. The molecule has 2 N–H and O–H groups in total. The molecular formula is C27H30FN7O4S2. The van der Waals surface area contributed by atoms with Crippen LogP contribution in [-0.4, -0.2) is 82.4 Å². The van der Waals surface area contributed by atoms with Crippen LogP contribution in [-0.2, 0) is 11.3 Å². The molecule has 3 fully saturated rings. The predicted molar refractivity (Wildman–Crippen MR) is 154 cm³/mol. The number of thiol groups is 1. The Balaban J connectivity index is 1.07. The molecule has 6 heterocycles. The number of aromatic nitrogens is 4. The average molecular weight is 600 g/mol. The number of halogens is 1. The average Bonchev–Trinajstić information content (AvgIpc) is 3.70. The van der Waals surface area contributed by atoms with Gasteiger partial charge in [0.05, 0.1) is 54.2 Å². The van der Waals surface area contributed by atoms with Crippen molar-refractivity contribution in [3.05, 3.63) is 35.9 Å². The van der Waals surface area contributed by atoms with Crippen LogP contribution in [0.5, 0.6) is 5.88 Å². The summed E-state index contributed by atoms with van der Waals surface area (Å²) in [6.07, 6.45) is 3.44. The Morgan fingerprint density at radius 1 is 1.29 bits per heavy atom. The quantitative estimate of drug-likeness (QED) is 0.259. The summed E-state index contributed by atoms with van der Waals surface area (Å²) in [5, 5.41) is 15.7. The Morgan fingerprint density at radius 3 is 2.93 bits per heavy atom. The van der Waals surface area contributed by atoms with Gasteiger partial charge in [0.1, 0.15) is 11.7 Å². The van der Waals surface area contributed by atoms with Crippen molar-refractivity contribution in [3.8, 4) is 16.6 Å². The van der Waals surface area contributed by atoms with Gasteiger partial charge in [-0.05, 0) is 32.4 Å². The SMILES string of the molecule is COc1nn(C2COC2)cc1C(=O)NCc1nc(-c2sc3c(N[C@@H]4C[C@H]5CC[C@@H]([C@@H]4F)N5C)cccc3c2S)no1. The first-order chi connectivity index (χ1) is 19.9. The van der Waals surface area contributed by atoms with Crippen molar-refractivity contribution >= 4 is 45.6 Å². The van der Waals surface area contributed by atoms with Crippen LogP contribution in [0.1, 0.15) is 41.6 Å². The van der Waals surface area contributed by atoms with Crippen molar-refractivity contribution in [1.29, 1.82) is 0 Å². The number of ether oxygens (including phenoxy) is 2. The smallest absolute Gasteiger partial charge is 0.258 e. The number of benzene rings is 1. The second-order valence-corrected chi connectivity index (χ2v) is 12.2. The van der Waals surface area contributed by atoms with E-state index in [1.807, 2.05) is 25.2 Å². The van der Waals surface area contributed by atoms with Crippen LogP contribution in [0, 0.1) is 0 Å². The molecule has 3 aromatic heterocycles. The van der Waals surface area contributed by atoms with Crippen LogP contribution >= 0.6 is 24.0 Å². The minimum absolute atomic E-state index is 0.0300. The number of rotatable bonds is 8. The van der Waals surface area contributed by atoms with Crippen LogP contribution in [0.2, 0.25) is 0 Å². The Labute approximate surface area is 244 Å². The predicted octanol–water partition coefficient (Wildman–Crippen LogP) is 3.93. The monoisotopic (exact) mass is 599 g/mol. The van der Waals surface area contributed by atoms with Gasteiger partial charge in [-0.25, -0.2) is 4.39 Å². The first-order valence-electron chi connectivity index (χ1n) is 13.6. The summed E-state index contributed by atoms with van der Waals surface area (Å²) in [6, 6.07) is 6.15. The highest BCUT2D eigenvalue weighted by Crippen LogP contribution is 2.44. The number of nitrogens with zero attached hydrogens (tertiary/aromatic N) is 5. The largest absolute Gasteiger partial charge is 0.479 e. The Kier molecular flexibility index (Phi) is 6.88. The molecule has 1 aromatic carbocycles. The second kappa shape index (κ2) is 10.6. The summed E-state index contributed by atoms with van der Waals surface area (Å²) in [5.74, 6) is 0.497. The molecule has 216 valence electrons. The van der Waals surface area contributed by atoms with Crippen molar-refractivity contribution in [3.63, 3.8) is 0 Å². The highest BCUT2D eigenvalue weighted by Gasteiger charge is 2.46. The number of thiophene rings is 1. The van der Waals surface area contributed by atoms with Gasteiger partial charge in [0.2, 0.25) is 17.6 Å². The lowest BCUT2D eigenvalue weighted by atomic mass is 9.95. The molecule has 7 rings (SSSR count). The molecule has 0 saturated carbocycles. The van der Waals surface area contributed by atoms with E-state index in [9.17, 15) is 4.79 Å². The third-order valence-corrected chi connectivity index (χ3v) is 10.3. The molecule has 0 radical (unpaired) electrons. The summed E-state index contributed by atoms with van der Waals surface area (Å²) >= 11 is 6.26. The normalized spacial score (nSPS) is 24.5. The number of anilines is 1. The Hall–Kier alpha value is -3.20. The van der Waals surface area contributed by atoms with Crippen LogP contribution in [0.4, 0.5) is 10.1 Å². The first-order valence-corrected chi connectivity index (χ1v) is 14.9. The van der Waals surface area contributed by atoms with Gasteiger partial charge < -0.3 is 24.6 Å². The number of carbonyl (C=O) groups is 1. The highest BCUT2D eigenvalue weighted by atomic mass is 32.1. The summed E-state index contributed by atoms with van der Waals surface area (Å²) in [5.41, 5.74) is 1.19. The number of nitrogens with one attached hydrogen (secondary N) is 2. The molecule has 14 heteroatoms. The fourth-order valence-electron chi connectivity index (χ4n) is 6.02. The number of amides is 1. The highest BCUT2D eigenvalue weighted by molar-refractivity contribution is 7.81. The third kappa shape index (κ3) is 4.66. The molecule has 1 amide bonds. The van der Waals surface area contributed by atoms with E-state index >= 15 is 4.39 Å². The molecular weight excluding hydrogens is 569 g/mol. The van der Waals surface area contributed by atoms with Crippen molar-refractivity contribution in [2.45, 2.75) is 61.0 Å². The molecule has 0 unspecified atom stereocenters. The van der Waals surface area contributed by atoms with Crippen LogP contribution < -0.4 is 15.4 Å². The molecule has 2 bridgehead atoms. The van der Waals surface area contributed by atoms with Gasteiger partial charge in [-0.2, -0.15) is 4.98 Å². The molecule has 4 atom stereocenters. The number of alkyl halides is 1. The van der Waals surface area contributed by atoms with E-state index in [0.717, 1.165) is 44.8 Å². The zero-order valence-electron chi connectivity index (χ0n) is 22.5. The number of hydrogen-bond acceptors (Lipinski definition) is 11. The van der Waals surface area contributed by atoms with E-state index in [-0.39, 0.29) is 42.3 Å². The maximum atomic E-state index is 15.4. The molecule has 11 nitrogen and oxygen atoms in total. The lowest BCUT2D eigenvalue weighted by molar-refractivity contribution is -0.0289. The summed E-state index contributed by atoms with van der Waals surface area (Å²) in [6.45, 7) is 1.13. The van der Waals surface area contributed by atoms with Crippen LogP contribution in [0.3, 0.4) is 0 Å². The van der Waals surface area contributed by atoms with Crippen molar-refractivity contribution in [2.75, 3.05) is 32.7 Å². The van der Waals surface area contributed by atoms with Gasteiger partial charge in [0, 0.05) is 28.6 Å². The molecule has 0 aliphatic carbocycles. The van der Waals surface area contributed by atoms with Gasteiger partial charge in [-0.15, -0.1) is 29.1 Å². The molecule has 3 aliphatic rings. The minimum Gasteiger partial charge on any atom is -0.479 e. The first kappa shape index (κ1) is 26.7. The standard InChI is InChI=1S/C27H30FN7O4S2/c1-34-13-6-7-19(34)21(28)18(8-13)30-17-5-3-4-15-22(40)24(41-23(15)17)25-31-20(39-33-25)9-29-26(36)16-10-35(14-11-38-12-14)32-27(16)37-2/h3-5,10,13-14,18-19,21,30,40H,6-9,11-12H2,1-2H3,(H,29,36)/t13-,18-,19+,21-/m1/s1. The number of carbonyl (C=O) groups excluding carboxylic acids is 1. The lowest BCUT2D eigenvalue weighted by Crippen LogP contribution is -2.53. The van der Waals surface area contributed by atoms with Crippen molar-refractivity contribution in [2.24, 2.45) is 0 Å². The zero-order valence-corrected chi connectivity index (χ0v) is 24.3. The van der Waals surface area contributed by atoms with E-state index < -0.39 is 6.17 Å². The minimum atomic E-state index is -0.930. The van der Waals surface area contributed by atoms with Crippen LogP contribution in [0.25, 0.3) is 20.8 Å². The lowest BCUT2D eigenvalue weighted by Gasteiger charge is -2.39. The van der Waals surface area contributed by atoms with Gasteiger partial charge >= 0.3 is 0 Å². The van der Waals surface area contributed by atoms with E-state index in [2.05, 4.69) is 30.8 Å². The molecule has 3 aliphatic heterocycles. The fraction of sp³-hybridized carbons (Fsp3) is 0.481. The zero-order chi connectivity index (χ0) is 28.2. The fourth-order valence-corrected chi connectivity index (χ4v) is 7.63. The number of methoxy groups -OCH3 is 1. The van der Waals surface area contributed by atoms with Crippen LogP contribution in [0.15, 0.2) is 33.8 Å². The number of hydrogen-bond donors (Lipinski definition) is 3. The Bertz CT molecular complexity index is 1600. The van der Waals surface area contributed by atoms with Gasteiger partial charge in [0.25, 0.3) is 5.91 Å². The van der Waals surface area contributed by atoms with E-state index in [4.69, 9.17) is 26.6 Å². The van der Waals surface area contributed by atoms with Gasteiger partial charge in [-0.3, -0.25) is 14.4 Å². The topological polar surface area (TPSA) is 120 Å². The summed E-state index contributed by atoms with van der Waals surface area (Å²) < 4.78 is 34.0. The molecule has 41 heavy (non-hydrogen) atoms. The summed E-state index contributed by atoms with van der Waals surface area (Å²) in [4.78, 5) is 21.0. The molecule has 0 spiro atoms. The van der Waals surface area contributed by atoms with E-state index in [0.29, 0.717) is 30.6 Å². The van der Waals surface area contributed by atoms with Crippen molar-refractivity contribution in [1.82, 2.24) is 30.1 Å². The van der Waals surface area contributed by atoms with E-state index in [1.54, 1.807) is 10.9 Å². The van der Waals surface area contributed by atoms with Gasteiger partial charge in [-0.1, -0.05) is 17.3 Å². The summed E-state index contributed by atoms with van der Waals surface area (Å²) in [7, 11) is 3.51. The molecule has 4 aromatic rings. The van der Waals surface area contributed by atoms with Gasteiger partial charge in [0.15, 0.2) is 0 Å². The van der Waals surface area contributed by atoms with Crippen molar-refractivity contribution < 1.29 is 23.2 Å². The van der Waals surface area contributed by atoms with E-state index in [1.165, 1.54) is 18.4 Å². The maximum absolute atomic E-state index is 15.4. The molecule has 3 saturated heterocycles.